The minimum absolute atomic E-state index is 0.757. The van der Waals surface area contributed by atoms with Crippen LogP contribution >= 0.6 is 15.9 Å². The Morgan fingerprint density at radius 3 is 2.68 bits per heavy atom. The number of hydrogen-bond acceptors (Lipinski definition) is 2. The number of anilines is 1. The van der Waals surface area contributed by atoms with Crippen molar-refractivity contribution in [2.75, 3.05) is 18.5 Å². The van der Waals surface area contributed by atoms with Crippen LogP contribution in [0, 0.1) is 5.92 Å². The lowest BCUT2D eigenvalue weighted by Crippen LogP contribution is -2.20. The predicted octanol–water partition coefficient (Wildman–Crippen LogP) is 4.18. The molecule has 0 amide bonds. The van der Waals surface area contributed by atoms with Crippen molar-refractivity contribution in [1.29, 1.82) is 0 Å². The monoisotopic (exact) mass is 324 g/mol. The van der Waals surface area contributed by atoms with Gasteiger partial charge in [0.05, 0.1) is 0 Å². The molecule has 0 heterocycles. The Hall–Kier alpha value is -0.540. The summed E-state index contributed by atoms with van der Waals surface area (Å²) in [4.78, 5) is 2.34. The molecule has 0 radical (unpaired) electrons. The molecule has 2 nitrogen and oxygen atoms in total. The molecule has 1 fully saturated rings. The number of hydrogen-bond donors (Lipinski definition) is 1. The maximum Gasteiger partial charge on any atom is 0.0375 e. The van der Waals surface area contributed by atoms with E-state index in [9.17, 15) is 0 Å². The molecule has 2 rings (SSSR count). The normalized spacial score (nSPS) is 15.0. The zero-order valence-electron chi connectivity index (χ0n) is 12.2. The van der Waals surface area contributed by atoms with Crippen LogP contribution < -0.4 is 10.2 Å². The van der Waals surface area contributed by atoms with Gasteiger partial charge < -0.3 is 10.2 Å². The Balaban J connectivity index is 1.92. The summed E-state index contributed by atoms with van der Waals surface area (Å²) >= 11 is 3.70. The van der Waals surface area contributed by atoms with Crippen molar-refractivity contribution >= 4 is 21.6 Å². The van der Waals surface area contributed by atoms with E-state index in [4.69, 9.17) is 0 Å². The van der Waals surface area contributed by atoms with E-state index < -0.39 is 0 Å². The van der Waals surface area contributed by atoms with Gasteiger partial charge in [-0.15, -0.1) is 0 Å². The van der Waals surface area contributed by atoms with Gasteiger partial charge in [0.15, 0.2) is 0 Å². The molecule has 0 spiro atoms. The van der Waals surface area contributed by atoms with E-state index in [1.54, 1.807) is 0 Å². The van der Waals surface area contributed by atoms with Crippen LogP contribution in [0.2, 0.25) is 0 Å². The average molecular weight is 325 g/mol. The molecular formula is C16H25BrN2. The first-order valence-electron chi connectivity index (χ1n) is 7.29. The fourth-order valence-electron chi connectivity index (χ4n) is 2.04. The Morgan fingerprint density at radius 1 is 1.37 bits per heavy atom. The first-order valence-corrected chi connectivity index (χ1v) is 8.08. The summed E-state index contributed by atoms with van der Waals surface area (Å²) in [6.07, 6.45) is 3.92. The minimum atomic E-state index is 0.757. The molecule has 1 aliphatic rings. The van der Waals surface area contributed by atoms with Crippen LogP contribution in [0.15, 0.2) is 22.7 Å². The lowest BCUT2D eigenvalue weighted by Gasteiger charge is -2.21. The van der Waals surface area contributed by atoms with Gasteiger partial charge in [0, 0.05) is 36.3 Å². The quantitative estimate of drug-likeness (QED) is 0.809. The van der Waals surface area contributed by atoms with Gasteiger partial charge in [-0.25, -0.2) is 0 Å². The van der Waals surface area contributed by atoms with Crippen LogP contribution in [0.4, 0.5) is 5.69 Å². The summed E-state index contributed by atoms with van der Waals surface area (Å²) < 4.78 is 1.22. The molecule has 0 unspecified atom stereocenters. The van der Waals surface area contributed by atoms with Crippen molar-refractivity contribution in [2.24, 2.45) is 5.92 Å². The molecule has 1 saturated carbocycles. The third-order valence-electron chi connectivity index (χ3n) is 3.68. The summed E-state index contributed by atoms with van der Waals surface area (Å²) in [5.74, 6) is 0.757. The van der Waals surface area contributed by atoms with Crippen LogP contribution in [0.1, 0.15) is 38.7 Å². The number of benzene rings is 1. The maximum atomic E-state index is 3.70. The largest absolute Gasteiger partial charge is 0.375 e. The van der Waals surface area contributed by atoms with Crippen LogP contribution in [-0.2, 0) is 6.54 Å². The lowest BCUT2D eigenvalue weighted by molar-refractivity contribution is 0.585. The third kappa shape index (κ3) is 4.81. The molecule has 0 bridgehead atoms. The van der Waals surface area contributed by atoms with Gasteiger partial charge in [-0.2, -0.15) is 0 Å². The summed E-state index contributed by atoms with van der Waals surface area (Å²) in [7, 11) is 2.17. The number of nitrogens with zero attached hydrogens (tertiary/aromatic N) is 1. The maximum absolute atomic E-state index is 3.70. The SMILES string of the molecule is CC(C)CCN(C)c1ccc(CNC2CC2)c(Br)c1. The molecule has 19 heavy (non-hydrogen) atoms. The third-order valence-corrected chi connectivity index (χ3v) is 4.42. The average Bonchev–Trinajstić information content (AvgIpc) is 3.18. The smallest absolute Gasteiger partial charge is 0.0375 e. The molecule has 0 aromatic heterocycles. The standard InChI is InChI=1S/C16H25BrN2/c1-12(2)8-9-19(3)15-7-4-13(16(17)10-15)11-18-14-5-6-14/h4,7,10,12,14,18H,5-6,8-9,11H2,1-3H3. The minimum Gasteiger partial charge on any atom is -0.375 e. The lowest BCUT2D eigenvalue weighted by atomic mass is 10.1. The van der Waals surface area contributed by atoms with E-state index in [0.29, 0.717) is 0 Å². The molecule has 1 N–H and O–H groups in total. The van der Waals surface area contributed by atoms with E-state index in [1.165, 1.54) is 35.0 Å². The van der Waals surface area contributed by atoms with Gasteiger partial charge in [-0.3, -0.25) is 0 Å². The fraction of sp³-hybridized carbons (Fsp3) is 0.625. The summed E-state index contributed by atoms with van der Waals surface area (Å²) in [6.45, 7) is 6.64. The summed E-state index contributed by atoms with van der Waals surface area (Å²) in [5, 5.41) is 3.56. The van der Waals surface area contributed by atoms with E-state index in [0.717, 1.165) is 25.0 Å². The van der Waals surface area contributed by atoms with Crippen molar-refractivity contribution < 1.29 is 0 Å². The molecule has 106 valence electrons. The second kappa shape index (κ2) is 6.76. The zero-order valence-corrected chi connectivity index (χ0v) is 13.8. The molecule has 0 atom stereocenters. The van der Waals surface area contributed by atoms with E-state index in [-0.39, 0.29) is 0 Å². The van der Waals surface area contributed by atoms with Gasteiger partial charge in [-0.05, 0) is 42.9 Å². The summed E-state index contributed by atoms with van der Waals surface area (Å²) in [6, 6.07) is 7.47. The number of halogens is 1. The number of nitrogens with one attached hydrogen (secondary N) is 1. The molecule has 3 heteroatoms. The molecule has 1 aromatic carbocycles. The van der Waals surface area contributed by atoms with E-state index in [1.807, 2.05) is 0 Å². The number of rotatable bonds is 7. The van der Waals surface area contributed by atoms with Crippen LogP contribution in [0.3, 0.4) is 0 Å². The van der Waals surface area contributed by atoms with Crippen LogP contribution in [-0.4, -0.2) is 19.6 Å². The molecule has 1 aliphatic carbocycles. The highest BCUT2D eigenvalue weighted by atomic mass is 79.9. The second-order valence-electron chi connectivity index (χ2n) is 6.03. The Bertz CT molecular complexity index is 413. The Labute approximate surface area is 125 Å². The van der Waals surface area contributed by atoms with Gasteiger partial charge in [0.25, 0.3) is 0 Å². The summed E-state index contributed by atoms with van der Waals surface area (Å²) in [5.41, 5.74) is 2.65. The predicted molar refractivity (Wildman–Crippen MR) is 86.7 cm³/mol. The van der Waals surface area contributed by atoms with Gasteiger partial charge in [0.2, 0.25) is 0 Å². The van der Waals surface area contributed by atoms with Gasteiger partial charge >= 0.3 is 0 Å². The van der Waals surface area contributed by atoms with Crippen LogP contribution in [0.5, 0.6) is 0 Å². The molecule has 1 aromatic rings. The molecular weight excluding hydrogens is 300 g/mol. The molecule has 0 aliphatic heterocycles. The van der Waals surface area contributed by atoms with Crippen molar-refractivity contribution in [1.82, 2.24) is 5.32 Å². The zero-order chi connectivity index (χ0) is 13.8. The van der Waals surface area contributed by atoms with Crippen molar-refractivity contribution in [2.45, 2.75) is 45.7 Å². The first kappa shape index (κ1) is 14.9. The Kier molecular flexibility index (Phi) is 5.28. The van der Waals surface area contributed by atoms with Crippen molar-refractivity contribution in [3.8, 4) is 0 Å². The highest BCUT2D eigenvalue weighted by Gasteiger charge is 2.20. The van der Waals surface area contributed by atoms with Gasteiger partial charge in [-0.1, -0.05) is 35.8 Å². The van der Waals surface area contributed by atoms with Crippen LogP contribution in [0.25, 0.3) is 0 Å². The fourth-order valence-corrected chi connectivity index (χ4v) is 2.55. The van der Waals surface area contributed by atoms with E-state index in [2.05, 4.69) is 65.2 Å². The molecule has 0 saturated heterocycles. The second-order valence-corrected chi connectivity index (χ2v) is 6.89. The van der Waals surface area contributed by atoms with Crippen molar-refractivity contribution in [3.05, 3.63) is 28.2 Å². The first-order chi connectivity index (χ1) is 9.06. The topological polar surface area (TPSA) is 15.3 Å². The highest BCUT2D eigenvalue weighted by Crippen LogP contribution is 2.25. The van der Waals surface area contributed by atoms with Crippen molar-refractivity contribution in [3.63, 3.8) is 0 Å². The Morgan fingerprint density at radius 2 is 2.11 bits per heavy atom. The van der Waals surface area contributed by atoms with Gasteiger partial charge in [0.1, 0.15) is 0 Å². The highest BCUT2D eigenvalue weighted by molar-refractivity contribution is 9.10. The van der Waals surface area contributed by atoms with E-state index >= 15 is 0 Å².